The fraction of sp³-hybridized carbons (Fsp3) is 0.357. The molecule has 106 valence electrons. The summed E-state index contributed by atoms with van der Waals surface area (Å²) in [5.74, 6) is 2.04. The smallest absolute Gasteiger partial charge is 0.212 e. The minimum atomic E-state index is 0.576. The van der Waals surface area contributed by atoms with Crippen molar-refractivity contribution >= 4 is 21.7 Å². The van der Waals surface area contributed by atoms with Crippen LogP contribution in [0.1, 0.15) is 19.0 Å². The summed E-state index contributed by atoms with van der Waals surface area (Å²) < 4.78 is 5.95. The normalized spacial score (nSPS) is 10.4. The third-order valence-electron chi connectivity index (χ3n) is 2.76. The number of rotatable bonds is 5. The van der Waals surface area contributed by atoms with Gasteiger partial charge in [-0.3, -0.25) is 0 Å². The van der Waals surface area contributed by atoms with Crippen molar-refractivity contribution in [2.24, 2.45) is 0 Å². The van der Waals surface area contributed by atoms with Gasteiger partial charge in [-0.1, -0.05) is 6.92 Å². The predicted octanol–water partition coefficient (Wildman–Crippen LogP) is 3.44. The molecule has 0 saturated carbocycles. The van der Waals surface area contributed by atoms with E-state index in [1.165, 1.54) is 0 Å². The number of nitrogens with zero attached hydrogens (tertiary/aromatic N) is 3. The van der Waals surface area contributed by atoms with Gasteiger partial charge in [-0.2, -0.15) is 0 Å². The van der Waals surface area contributed by atoms with Crippen LogP contribution in [0.2, 0.25) is 0 Å². The van der Waals surface area contributed by atoms with E-state index in [2.05, 4.69) is 43.1 Å². The first-order chi connectivity index (χ1) is 9.65. The number of aryl methyl sites for hydroxylation is 1. The zero-order valence-electron chi connectivity index (χ0n) is 11.8. The second-order valence-electron chi connectivity index (χ2n) is 4.31. The minimum Gasteiger partial charge on any atom is -0.481 e. The average Bonchev–Trinajstić information content (AvgIpc) is 2.48. The highest BCUT2D eigenvalue weighted by Gasteiger charge is 2.11. The molecule has 2 aromatic heterocycles. The zero-order valence-corrected chi connectivity index (χ0v) is 13.4. The second kappa shape index (κ2) is 6.65. The Morgan fingerprint density at radius 3 is 2.70 bits per heavy atom. The van der Waals surface area contributed by atoms with Crippen LogP contribution in [-0.4, -0.2) is 28.6 Å². The Bertz CT molecular complexity index is 586. The molecule has 2 rings (SSSR count). The van der Waals surface area contributed by atoms with Crippen LogP contribution in [0.3, 0.4) is 0 Å². The minimum absolute atomic E-state index is 0.576. The molecule has 0 aliphatic carbocycles. The van der Waals surface area contributed by atoms with Crippen LogP contribution in [0.4, 0.5) is 5.82 Å². The van der Waals surface area contributed by atoms with Crippen LogP contribution in [0, 0.1) is 6.92 Å². The number of aromatic nitrogens is 3. The number of hydrogen-bond acceptors (Lipinski definition) is 5. The highest BCUT2D eigenvalue weighted by molar-refractivity contribution is 9.10. The molecule has 0 bridgehead atoms. The van der Waals surface area contributed by atoms with Crippen molar-refractivity contribution in [2.45, 2.75) is 20.3 Å². The van der Waals surface area contributed by atoms with Crippen molar-refractivity contribution in [1.29, 1.82) is 0 Å². The summed E-state index contributed by atoms with van der Waals surface area (Å²) in [6.07, 6.45) is 2.75. The third-order valence-corrected chi connectivity index (χ3v) is 3.71. The molecule has 6 heteroatoms. The molecule has 5 nitrogen and oxygen atoms in total. The van der Waals surface area contributed by atoms with E-state index < -0.39 is 0 Å². The highest BCUT2D eigenvalue weighted by atomic mass is 79.9. The van der Waals surface area contributed by atoms with Gasteiger partial charge < -0.3 is 10.1 Å². The molecule has 20 heavy (non-hydrogen) atoms. The van der Waals surface area contributed by atoms with Crippen LogP contribution >= 0.6 is 15.9 Å². The number of nitrogens with one attached hydrogen (secondary N) is 1. The van der Waals surface area contributed by atoms with Gasteiger partial charge in [-0.25, -0.2) is 15.0 Å². The van der Waals surface area contributed by atoms with Crippen molar-refractivity contribution in [2.75, 3.05) is 19.0 Å². The molecule has 0 aliphatic rings. The lowest BCUT2D eigenvalue weighted by Crippen LogP contribution is -2.06. The molecule has 0 radical (unpaired) electrons. The quantitative estimate of drug-likeness (QED) is 0.906. The molecule has 0 saturated heterocycles. The number of anilines is 1. The monoisotopic (exact) mass is 336 g/mol. The van der Waals surface area contributed by atoms with Gasteiger partial charge in [-0.05, 0) is 35.3 Å². The summed E-state index contributed by atoms with van der Waals surface area (Å²) in [6, 6.07) is 3.70. The molecule has 0 fully saturated rings. The maximum absolute atomic E-state index is 5.05. The van der Waals surface area contributed by atoms with Crippen LogP contribution in [0.25, 0.3) is 11.4 Å². The SMILES string of the molecule is CCCNc1nc(-c2ccc(OC)nc2)nc(C)c1Br. The molecule has 0 aromatic carbocycles. The van der Waals surface area contributed by atoms with Gasteiger partial charge >= 0.3 is 0 Å². The Morgan fingerprint density at radius 1 is 1.30 bits per heavy atom. The summed E-state index contributed by atoms with van der Waals surface area (Å²) in [5, 5.41) is 3.29. The molecule has 0 aliphatic heterocycles. The summed E-state index contributed by atoms with van der Waals surface area (Å²) in [5.41, 5.74) is 1.75. The number of hydrogen-bond donors (Lipinski definition) is 1. The van der Waals surface area contributed by atoms with Gasteiger partial charge in [0.05, 0.1) is 17.3 Å². The van der Waals surface area contributed by atoms with Gasteiger partial charge in [-0.15, -0.1) is 0 Å². The fourth-order valence-corrected chi connectivity index (χ4v) is 2.00. The summed E-state index contributed by atoms with van der Waals surface area (Å²) >= 11 is 3.52. The lowest BCUT2D eigenvalue weighted by Gasteiger charge is -2.10. The Hall–Kier alpha value is -1.69. The second-order valence-corrected chi connectivity index (χ2v) is 5.10. The van der Waals surface area contributed by atoms with Crippen molar-refractivity contribution in [3.05, 3.63) is 28.5 Å². The van der Waals surface area contributed by atoms with Gasteiger partial charge in [0.25, 0.3) is 0 Å². The van der Waals surface area contributed by atoms with Gasteiger partial charge in [0, 0.05) is 24.4 Å². The van der Waals surface area contributed by atoms with Crippen LogP contribution in [0.5, 0.6) is 5.88 Å². The summed E-state index contributed by atoms with van der Waals surface area (Å²) in [4.78, 5) is 13.2. The molecule has 0 spiro atoms. The van der Waals surface area contributed by atoms with Crippen LogP contribution < -0.4 is 10.1 Å². The van der Waals surface area contributed by atoms with E-state index in [1.54, 1.807) is 19.4 Å². The number of halogens is 1. The van der Waals surface area contributed by atoms with Crippen molar-refractivity contribution in [1.82, 2.24) is 15.0 Å². The Kier molecular flexibility index (Phi) is 4.89. The van der Waals surface area contributed by atoms with Crippen LogP contribution in [-0.2, 0) is 0 Å². The molecular weight excluding hydrogens is 320 g/mol. The molecule has 1 N–H and O–H groups in total. The molecule has 0 amide bonds. The summed E-state index contributed by atoms with van der Waals surface area (Å²) in [7, 11) is 1.59. The fourth-order valence-electron chi connectivity index (χ4n) is 1.68. The Balaban J connectivity index is 2.37. The first-order valence-electron chi connectivity index (χ1n) is 6.44. The van der Waals surface area contributed by atoms with E-state index in [-0.39, 0.29) is 0 Å². The number of ether oxygens (including phenoxy) is 1. The van der Waals surface area contributed by atoms with Gasteiger partial charge in [0.1, 0.15) is 5.82 Å². The summed E-state index contributed by atoms with van der Waals surface area (Å²) in [6.45, 7) is 4.93. The molecule has 0 atom stereocenters. The standard InChI is InChI=1S/C14H17BrN4O/c1-4-7-16-14-12(15)9(2)18-13(19-14)10-5-6-11(20-3)17-8-10/h5-6,8H,4,7H2,1-3H3,(H,16,18,19). The lowest BCUT2D eigenvalue weighted by molar-refractivity contribution is 0.398. The Labute approximate surface area is 127 Å². The van der Waals surface area contributed by atoms with Crippen LogP contribution in [0.15, 0.2) is 22.8 Å². The number of methoxy groups -OCH3 is 1. The topological polar surface area (TPSA) is 59.9 Å². The Morgan fingerprint density at radius 2 is 2.10 bits per heavy atom. The first-order valence-corrected chi connectivity index (χ1v) is 7.23. The van der Waals surface area contributed by atoms with E-state index in [9.17, 15) is 0 Å². The van der Waals surface area contributed by atoms with E-state index in [0.717, 1.165) is 34.5 Å². The predicted molar refractivity (Wildman–Crippen MR) is 83.0 cm³/mol. The molecule has 0 unspecified atom stereocenters. The van der Waals surface area contributed by atoms with E-state index >= 15 is 0 Å². The average molecular weight is 337 g/mol. The van der Waals surface area contributed by atoms with Crippen molar-refractivity contribution in [3.8, 4) is 17.3 Å². The molecular formula is C14H17BrN4O. The van der Waals surface area contributed by atoms with Gasteiger partial charge in [0.15, 0.2) is 5.82 Å². The maximum atomic E-state index is 5.05. The van der Waals surface area contributed by atoms with E-state index in [1.807, 2.05) is 13.0 Å². The largest absolute Gasteiger partial charge is 0.481 e. The van der Waals surface area contributed by atoms with Crippen molar-refractivity contribution < 1.29 is 4.74 Å². The third kappa shape index (κ3) is 3.25. The van der Waals surface area contributed by atoms with E-state index in [4.69, 9.17) is 4.74 Å². The molecule has 2 aromatic rings. The van der Waals surface area contributed by atoms with Gasteiger partial charge in [0.2, 0.25) is 5.88 Å². The molecule has 2 heterocycles. The zero-order chi connectivity index (χ0) is 14.5. The first kappa shape index (κ1) is 14.7. The lowest BCUT2D eigenvalue weighted by atomic mass is 10.2. The number of pyridine rings is 1. The van der Waals surface area contributed by atoms with E-state index in [0.29, 0.717) is 11.7 Å². The highest BCUT2D eigenvalue weighted by Crippen LogP contribution is 2.26. The van der Waals surface area contributed by atoms with Crippen molar-refractivity contribution in [3.63, 3.8) is 0 Å². The maximum Gasteiger partial charge on any atom is 0.212 e.